The summed E-state index contributed by atoms with van der Waals surface area (Å²) < 4.78 is 5.16. The molecule has 0 saturated carbocycles. The van der Waals surface area contributed by atoms with Crippen LogP contribution >= 0.6 is 0 Å². The zero-order valence-electron chi connectivity index (χ0n) is 12.1. The highest BCUT2D eigenvalue weighted by atomic mass is 16.6. The lowest BCUT2D eigenvalue weighted by Gasteiger charge is -2.32. The van der Waals surface area contributed by atoms with Gasteiger partial charge in [-0.25, -0.2) is 4.79 Å². The molecule has 1 aromatic rings. The van der Waals surface area contributed by atoms with Gasteiger partial charge in [-0.05, 0) is 31.4 Å². The number of azide groups is 1. The van der Waals surface area contributed by atoms with Crippen LogP contribution in [0.2, 0.25) is 0 Å². The minimum absolute atomic E-state index is 0.148. The molecule has 0 saturated heterocycles. The van der Waals surface area contributed by atoms with Crippen molar-refractivity contribution in [3.63, 3.8) is 0 Å². The van der Waals surface area contributed by atoms with Crippen molar-refractivity contribution in [2.45, 2.75) is 32.3 Å². The van der Waals surface area contributed by atoms with Crippen LogP contribution in [-0.4, -0.2) is 11.7 Å². The molecular formula is C15H18N4O2. The second-order valence-electron chi connectivity index (χ2n) is 5.15. The number of nitrogens with zero attached hydrogens (tertiary/aromatic N) is 3. The van der Waals surface area contributed by atoms with Crippen molar-refractivity contribution >= 4 is 11.8 Å². The van der Waals surface area contributed by atoms with Gasteiger partial charge < -0.3 is 10.5 Å². The molecular weight excluding hydrogens is 268 g/mol. The summed E-state index contributed by atoms with van der Waals surface area (Å²) in [5.41, 5.74) is 14.3. The smallest absolute Gasteiger partial charge is 0.405 e. The van der Waals surface area contributed by atoms with E-state index in [0.29, 0.717) is 18.5 Å². The fourth-order valence-electron chi connectivity index (χ4n) is 2.14. The fraction of sp³-hybridized carbons (Fsp3) is 0.400. The number of ether oxygens (including phenoxy) is 1. The number of hydrogen-bond donors (Lipinski definition) is 1. The first-order valence-corrected chi connectivity index (χ1v) is 6.45. The number of terminal acetylenes is 1. The Bertz CT molecular complexity index is 598. The summed E-state index contributed by atoms with van der Waals surface area (Å²) in [6.07, 6.45) is 5.48. The van der Waals surface area contributed by atoms with E-state index >= 15 is 0 Å². The van der Waals surface area contributed by atoms with Crippen molar-refractivity contribution in [2.24, 2.45) is 16.8 Å². The first kappa shape index (κ1) is 16.4. The quantitative estimate of drug-likeness (QED) is 0.373. The largest absolute Gasteiger partial charge is 0.443 e. The first-order chi connectivity index (χ1) is 9.90. The van der Waals surface area contributed by atoms with Gasteiger partial charge >= 0.3 is 6.09 Å². The zero-order chi connectivity index (χ0) is 15.9. The summed E-state index contributed by atoms with van der Waals surface area (Å²) in [6, 6.07) is 7.22. The van der Waals surface area contributed by atoms with Crippen LogP contribution in [0.5, 0.6) is 0 Å². The Morgan fingerprint density at radius 3 is 2.81 bits per heavy atom. The third kappa shape index (κ3) is 4.75. The second kappa shape index (κ2) is 7.22. The molecule has 0 bridgehead atoms. The van der Waals surface area contributed by atoms with Gasteiger partial charge in [-0.3, -0.25) is 0 Å². The Labute approximate surface area is 123 Å². The number of rotatable bonds is 6. The van der Waals surface area contributed by atoms with Crippen LogP contribution in [0.1, 0.15) is 25.8 Å². The van der Waals surface area contributed by atoms with E-state index in [2.05, 4.69) is 15.9 Å². The van der Waals surface area contributed by atoms with Crippen molar-refractivity contribution in [3.8, 4) is 12.3 Å². The molecule has 21 heavy (non-hydrogen) atoms. The SMILES string of the molecule is C#CCC(Cc1ccccc1N=[N+]=[N-])C(C)(C)OC(N)=O. The molecule has 0 heterocycles. The van der Waals surface area contributed by atoms with E-state index in [1.54, 1.807) is 26.0 Å². The highest BCUT2D eigenvalue weighted by molar-refractivity contribution is 5.65. The third-order valence-electron chi connectivity index (χ3n) is 3.32. The van der Waals surface area contributed by atoms with Gasteiger partial charge in [0, 0.05) is 22.9 Å². The van der Waals surface area contributed by atoms with E-state index in [0.717, 1.165) is 5.56 Å². The van der Waals surface area contributed by atoms with Crippen molar-refractivity contribution < 1.29 is 9.53 Å². The topological polar surface area (TPSA) is 101 Å². The molecule has 1 rings (SSSR count). The maximum absolute atomic E-state index is 11.0. The summed E-state index contributed by atoms with van der Waals surface area (Å²) in [6.45, 7) is 3.52. The van der Waals surface area contributed by atoms with Crippen molar-refractivity contribution in [1.82, 2.24) is 0 Å². The molecule has 0 radical (unpaired) electrons. The van der Waals surface area contributed by atoms with Crippen molar-refractivity contribution in [1.29, 1.82) is 0 Å². The molecule has 1 aromatic carbocycles. The van der Waals surface area contributed by atoms with Gasteiger partial charge in [-0.1, -0.05) is 29.4 Å². The molecule has 0 aromatic heterocycles. The van der Waals surface area contributed by atoms with Gasteiger partial charge in [0.25, 0.3) is 0 Å². The minimum atomic E-state index is -0.842. The molecule has 110 valence electrons. The highest BCUT2D eigenvalue weighted by Crippen LogP contribution is 2.31. The van der Waals surface area contributed by atoms with Crippen LogP contribution in [0.3, 0.4) is 0 Å². The van der Waals surface area contributed by atoms with Gasteiger partial charge in [0.05, 0.1) is 0 Å². The minimum Gasteiger partial charge on any atom is -0.443 e. The summed E-state index contributed by atoms with van der Waals surface area (Å²) >= 11 is 0. The zero-order valence-corrected chi connectivity index (χ0v) is 12.1. The van der Waals surface area contributed by atoms with Crippen LogP contribution < -0.4 is 5.73 Å². The summed E-state index contributed by atoms with van der Waals surface area (Å²) in [7, 11) is 0. The van der Waals surface area contributed by atoms with E-state index in [4.69, 9.17) is 22.4 Å². The molecule has 6 nitrogen and oxygen atoms in total. The lowest BCUT2D eigenvalue weighted by Crippen LogP contribution is -2.39. The van der Waals surface area contributed by atoms with Crippen molar-refractivity contribution in [3.05, 3.63) is 40.3 Å². The highest BCUT2D eigenvalue weighted by Gasteiger charge is 2.32. The number of nitrogens with two attached hydrogens (primary N) is 1. The molecule has 0 aliphatic rings. The lowest BCUT2D eigenvalue weighted by molar-refractivity contribution is 0.000253. The maximum Gasteiger partial charge on any atom is 0.405 e. The predicted octanol–water partition coefficient (Wildman–Crippen LogP) is 3.68. The van der Waals surface area contributed by atoms with Gasteiger partial charge in [-0.15, -0.1) is 12.3 Å². The van der Waals surface area contributed by atoms with Crippen LogP contribution in [0.15, 0.2) is 29.4 Å². The van der Waals surface area contributed by atoms with E-state index in [1.807, 2.05) is 12.1 Å². The standard InChI is InChI=1S/C15H18N4O2/c1-4-7-12(15(2,3)21-14(16)20)10-11-8-5-6-9-13(11)18-19-17/h1,5-6,8-9,12H,7,10H2,2-3H3,(H2,16,20). The Balaban J connectivity index is 3.07. The molecule has 0 aliphatic heterocycles. The molecule has 2 N–H and O–H groups in total. The summed E-state index contributed by atoms with van der Waals surface area (Å²) in [5.74, 6) is 2.44. The molecule has 6 heteroatoms. The molecule has 0 aliphatic carbocycles. The van der Waals surface area contributed by atoms with Gasteiger partial charge in [0.2, 0.25) is 0 Å². The normalized spacial score (nSPS) is 11.9. The van der Waals surface area contributed by atoms with Gasteiger partial charge in [0.15, 0.2) is 0 Å². The fourth-order valence-corrected chi connectivity index (χ4v) is 2.14. The molecule has 0 spiro atoms. The van der Waals surface area contributed by atoms with Crippen LogP contribution in [-0.2, 0) is 11.2 Å². The van der Waals surface area contributed by atoms with Gasteiger partial charge in [-0.2, -0.15) is 0 Å². The Hall–Kier alpha value is -2.64. The number of hydrogen-bond acceptors (Lipinski definition) is 3. The number of amides is 1. The Morgan fingerprint density at radius 1 is 1.57 bits per heavy atom. The first-order valence-electron chi connectivity index (χ1n) is 6.45. The molecule has 1 atom stereocenters. The molecule has 1 amide bonds. The summed E-state index contributed by atoms with van der Waals surface area (Å²) in [4.78, 5) is 13.8. The van der Waals surface area contributed by atoms with E-state index in [-0.39, 0.29) is 5.92 Å². The summed E-state index contributed by atoms with van der Waals surface area (Å²) in [5, 5.41) is 3.66. The average molecular weight is 286 g/mol. The predicted molar refractivity (Wildman–Crippen MR) is 80.6 cm³/mol. The Kier molecular flexibility index (Phi) is 5.65. The number of carbonyl (C=O) groups is 1. The van der Waals surface area contributed by atoms with E-state index < -0.39 is 11.7 Å². The monoisotopic (exact) mass is 286 g/mol. The lowest BCUT2D eigenvalue weighted by atomic mass is 9.82. The molecule has 1 unspecified atom stereocenters. The number of carbonyl (C=O) groups excluding carboxylic acids is 1. The van der Waals surface area contributed by atoms with Crippen LogP contribution in [0.25, 0.3) is 10.4 Å². The number of primary amides is 1. The van der Waals surface area contributed by atoms with E-state index in [1.165, 1.54) is 0 Å². The van der Waals surface area contributed by atoms with Crippen LogP contribution in [0.4, 0.5) is 10.5 Å². The molecule has 0 fully saturated rings. The van der Waals surface area contributed by atoms with Crippen molar-refractivity contribution in [2.75, 3.05) is 0 Å². The number of benzene rings is 1. The average Bonchev–Trinajstić information content (AvgIpc) is 2.39. The second-order valence-corrected chi connectivity index (χ2v) is 5.15. The third-order valence-corrected chi connectivity index (χ3v) is 3.32. The maximum atomic E-state index is 11.0. The van der Waals surface area contributed by atoms with E-state index in [9.17, 15) is 4.79 Å². The van der Waals surface area contributed by atoms with Gasteiger partial charge in [0.1, 0.15) is 5.60 Å². The van der Waals surface area contributed by atoms with Crippen LogP contribution in [0, 0.1) is 18.3 Å². The Morgan fingerprint density at radius 2 is 2.24 bits per heavy atom.